The largest absolute Gasteiger partial charge is 0.466 e. The van der Waals surface area contributed by atoms with E-state index in [1.165, 1.54) is 0 Å². The first-order valence-electron chi connectivity index (χ1n) is 10.4. The lowest BCUT2D eigenvalue weighted by Crippen LogP contribution is -2.41. The van der Waals surface area contributed by atoms with Gasteiger partial charge in [-0.25, -0.2) is 0 Å². The summed E-state index contributed by atoms with van der Waals surface area (Å²) in [7, 11) is 2.04. The summed E-state index contributed by atoms with van der Waals surface area (Å²) in [5, 5.41) is 0. The minimum Gasteiger partial charge on any atom is -0.466 e. The Morgan fingerprint density at radius 1 is 0.926 bits per heavy atom. The van der Waals surface area contributed by atoms with Crippen molar-refractivity contribution in [3.8, 4) is 0 Å². The van der Waals surface area contributed by atoms with E-state index in [1.807, 2.05) is 14.0 Å². The number of nitrogens with zero attached hydrogens (tertiary/aromatic N) is 2. The van der Waals surface area contributed by atoms with E-state index in [0.29, 0.717) is 26.1 Å². The van der Waals surface area contributed by atoms with Crippen molar-refractivity contribution in [2.24, 2.45) is 0 Å². The number of likely N-dealkylation sites (N-methyl/N-ethyl adjacent to an activating group) is 1. The van der Waals surface area contributed by atoms with Crippen molar-refractivity contribution in [3.63, 3.8) is 0 Å². The smallest absolute Gasteiger partial charge is 0.307 e. The molecule has 1 fully saturated rings. The Morgan fingerprint density at radius 2 is 1.52 bits per heavy atom. The van der Waals surface area contributed by atoms with Crippen LogP contribution < -0.4 is 0 Å². The number of morpholine rings is 1. The van der Waals surface area contributed by atoms with Gasteiger partial charge in [0.2, 0.25) is 0 Å². The molecule has 1 heterocycles. The van der Waals surface area contributed by atoms with Crippen molar-refractivity contribution < 1.29 is 23.8 Å². The van der Waals surface area contributed by atoms with Gasteiger partial charge in [0.15, 0.2) is 0 Å². The second-order valence-electron chi connectivity index (χ2n) is 7.11. The third-order valence-corrected chi connectivity index (χ3v) is 4.62. The molecule has 1 saturated heterocycles. The van der Waals surface area contributed by atoms with E-state index in [9.17, 15) is 9.59 Å². The van der Waals surface area contributed by atoms with E-state index in [4.69, 9.17) is 14.2 Å². The molecule has 0 bridgehead atoms. The molecule has 1 aliphatic rings. The Hall–Kier alpha value is -1.18. The molecule has 0 unspecified atom stereocenters. The van der Waals surface area contributed by atoms with Gasteiger partial charge in [0, 0.05) is 39.1 Å². The molecule has 0 N–H and O–H groups in total. The molecular formula is C20H38N2O5. The standard InChI is InChI=1S/C20H38N2O5/c1-3-8-19(23)26-15-6-4-5-7-16-27-20(24)9-10-21(2)11-12-22-13-17-25-18-14-22/h3-18H2,1-2H3. The SMILES string of the molecule is CCCC(=O)OCCCCCCOC(=O)CCN(C)CCN1CCOCC1. The molecule has 0 amide bonds. The summed E-state index contributed by atoms with van der Waals surface area (Å²) in [6.45, 7) is 9.27. The van der Waals surface area contributed by atoms with Crippen molar-refractivity contribution in [3.05, 3.63) is 0 Å². The van der Waals surface area contributed by atoms with E-state index in [1.54, 1.807) is 0 Å². The zero-order chi connectivity index (χ0) is 19.7. The third kappa shape index (κ3) is 13.6. The maximum Gasteiger partial charge on any atom is 0.307 e. The van der Waals surface area contributed by atoms with E-state index in [0.717, 1.165) is 78.0 Å². The number of hydrogen-bond donors (Lipinski definition) is 0. The van der Waals surface area contributed by atoms with Crippen molar-refractivity contribution in [2.45, 2.75) is 51.9 Å². The predicted molar refractivity (Wildman–Crippen MR) is 105 cm³/mol. The van der Waals surface area contributed by atoms with E-state index in [-0.39, 0.29) is 11.9 Å². The number of esters is 2. The van der Waals surface area contributed by atoms with Gasteiger partial charge in [0.05, 0.1) is 32.8 Å². The van der Waals surface area contributed by atoms with E-state index >= 15 is 0 Å². The zero-order valence-corrected chi connectivity index (χ0v) is 17.2. The Labute approximate surface area is 164 Å². The number of carbonyl (C=O) groups excluding carboxylic acids is 2. The fraction of sp³-hybridized carbons (Fsp3) is 0.900. The van der Waals surface area contributed by atoms with Crippen LogP contribution in [0.2, 0.25) is 0 Å². The molecule has 7 heteroatoms. The summed E-state index contributed by atoms with van der Waals surface area (Å²) in [6.07, 6.45) is 5.47. The maximum absolute atomic E-state index is 11.8. The topological polar surface area (TPSA) is 68.3 Å². The molecule has 27 heavy (non-hydrogen) atoms. The first-order valence-corrected chi connectivity index (χ1v) is 10.4. The van der Waals surface area contributed by atoms with Crippen LogP contribution in [-0.4, -0.2) is 87.9 Å². The zero-order valence-electron chi connectivity index (χ0n) is 17.2. The molecule has 0 aromatic rings. The summed E-state index contributed by atoms with van der Waals surface area (Å²) in [4.78, 5) is 27.6. The van der Waals surface area contributed by atoms with Crippen LogP contribution in [0.5, 0.6) is 0 Å². The van der Waals surface area contributed by atoms with Crippen LogP contribution in [0.25, 0.3) is 0 Å². The fourth-order valence-electron chi connectivity index (χ4n) is 2.81. The monoisotopic (exact) mass is 386 g/mol. The molecule has 1 rings (SSSR count). The normalized spacial score (nSPS) is 15.1. The first kappa shape index (κ1) is 23.9. The van der Waals surface area contributed by atoms with Gasteiger partial charge in [-0.3, -0.25) is 14.5 Å². The lowest BCUT2D eigenvalue weighted by Gasteiger charge is -2.28. The quantitative estimate of drug-likeness (QED) is 0.315. The Balaban J connectivity index is 1.88. The van der Waals surface area contributed by atoms with Gasteiger partial charge in [-0.15, -0.1) is 0 Å². The average Bonchev–Trinajstić information content (AvgIpc) is 2.67. The molecular weight excluding hydrogens is 348 g/mol. The van der Waals surface area contributed by atoms with Crippen molar-refractivity contribution >= 4 is 11.9 Å². The van der Waals surface area contributed by atoms with Crippen molar-refractivity contribution in [1.82, 2.24) is 9.80 Å². The molecule has 7 nitrogen and oxygen atoms in total. The van der Waals surface area contributed by atoms with Crippen LogP contribution in [0.4, 0.5) is 0 Å². The van der Waals surface area contributed by atoms with Gasteiger partial charge in [-0.2, -0.15) is 0 Å². The summed E-state index contributed by atoms with van der Waals surface area (Å²) in [5.41, 5.74) is 0. The molecule has 1 aliphatic heterocycles. The highest BCUT2D eigenvalue weighted by Gasteiger charge is 2.11. The molecule has 0 radical (unpaired) electrons. The summed E-state index contributed by atoms with van der Waals surface area (Å²) in [5.74, 6) is -0.233. The summed E-state index contributed by atoms with van der Waals surface area (Å²) < 4.78 is 15.7. The second kappa shape index (κ2) is 15.8. The summed E-state index contributed by atoms with van der Waals surface area (Å²) >= 11 is 0. The highest BCUT2D eigenvalue weighted by atomic mass is 16.5. The van der Waals surface area contributed by atoms with E-state index < -0.39 is 0 Å². The molecule has 0 saturated carbocycles. The van der Waals surface area contributed by atoms with Gasteiger partial charge in [-0.1, -0.05) is 6.92 Å². The highest BCUT2D eigenvalue weighted by molar-refractivity contribution is 5.69. The van der Waals surface area contributed by atoms with Crippen LogP contribution >= 0.6 is 0 Å². The van der Waals surface area contributed by atoms with Crippen LogP contribution in [0.15, 0.2) is 0 Å². The molecule has 0 aliphatic carbocycles. The third-order valence-electron chi connectivity index (χ3n) is 4.62. The van der Waals surface area contributed by atoms with Gasteiger partial charge in [-0.05, 0) is 39.2 Å². The minimum atomic E-state index is -0.123. The van der Waals surface area contributed by atoms with Crippen LogP contribution in [0, 0.1) is 0 Å². The number of carbonyl (C=O) groups is 2. The molecule has 0 aromatic heterocycles. The molecule has 0 atom stereocenters. The van der Waals surface area contributed by atoms with Crippen molar-refractivity contribution in [2.75, 3.05) is 66.2 Å². The minimum absolute atomic E-state index is 0.110. The van der Waals surface area contributed by atoms with E-state index in [2.05, 4.69) is 9.80 Å². The lowest BCUT2D eigenvalue weighted by atomic mass is 10.2. The highest BCUT2D eigenvalue weighted by Crippen LogP contribution is 2.03. The van der Waals surface area contributed by atoms with Crippen molar-refractivity contribution in [1.29, 1.82) is 0 Å². The average molecular weight is 387 g/mol. The number of unbranched alkanes of at least 4 members (excludes halogenated alkanes) is 3. The number of hydrogen-bond acceptors (Lipinski definition) is 7. The van der Waals surface area contributed by atoms with Crippen LogP contribution in [0.1, 0.15) is 51.9 Å². The van der Waals surface area contributed by atoms with Gasteiger partial charge in [0.25, 0.3) is 0 Å². The number of ether oxygens (including phenoxy) is 3. The Kier molecular flexibility index (Phi) is 14.0. The molecule has 158 valence electrons. The first-order chi connectivity index (χ1) is 13.1. The Morgan fingerprint density at radius 3 is 2.11 bits per heavy atom. The lowest BCUT2D eigenvalue weighted by molar-refractivity contribution is -0.145. The number of rotatable bonds is 15. The predicted octanol–water partition coefficient (Wildman–Crippen LogP) is 2.09. The van der Waals surface area contributed by atoms with Crippen LogP contribution in [-0.2, 0) is 23.8 Å². The molecule has 0 aromatic carbocycles. The van der Waals surface area contributed by atoms with Gasteiger partial charge < -0.3 is 19.1 Å². The molecule has 0 spiro atoms. The second-order valence-corrected chi connectivity index (χ2v) is 7.11. The van der Waals surface area contributed by atoms with Crippen LogP contribution in [0.3, 0.4) is 0 Å². The fourth-order valence-corrected chi connectivity index (χ4v) is 2.81. The summed E-state index contributed by atoms with van der Waals surface area (Å²) in [6, 6.07) is 0. The van der Waals surface area contributed by atoms with Gasteiger partial charge >= 0.3 is 11.9 Å². The Bertz CT molecular complexity index is 400. The maximum atomic E-state index is 11.8. The van der Waals surface area contributed by atoms with Gasteiger partial charge in [0.1, 0.15) is 0 Å².